The molecule has 0 fully saturated rings. The lowest BCUT2D eigenvalue weighted by molar-refractivity contribution is 1.28. The van der Waals surface area contributed by atoms with E-state index in [1.807, 2.05) is 0 Å². The van der Waals surface area contributed by atoms with E-state index in [9.17, 15) is 0 Å². The van der Waals surface area contributed by atoms with E-state index in [4.69, 9.17) is 0 Å². The van der Waals surface area contributed by atoms with Crippen molar-refractivity contribution in [3.8, 4) is 66.8 Å². The summed E-state index contributed by atoms with van der Waals surface area (Å²) < 4.78 is 0. The van der Waals surface area contributed by atoms with E-state index in [-0.39, 0.29) is 0 Å². The molecule has 0 unspecified atom stereocenters. The molecular weight excluding hydrogens is 759 g/mol. The second-order valence-corrected chi connectivity index (χ2v) is 16.1. The normalized spacial score (nSPS) is 11.2. The molecule has 0 aliphatic carbocycles. The summed E-state index contributed by atoms with van der Waals surface area (Å²) in [4.78, 5) is 2.37. The van der Waals surface area contributed by atoms with Crippen molar-refractivity contribution in [3.63, 3.8) is 0 Å². The first kappa shape index (κ1) is 37.7. The first-order valence-corrected chi connectivity index (χ1v) is 21.7. The van der Waals surface area contributed by atoms with E-state index < -0.39 is 0 Å². The zero-order chi connectivity index (χ0) is 42.0. The number of benzene rings is 11. The predicted octanol–water partition coefficient (Wildman–Crippen LogP) is 17.5. The summed E-state index contributed by atoms with van der Waals surface area (Å²) in [5.41, 5.74) is 17.7. The third-order valence-corrected chi connectivity index (χ3v) is 12.3. The standard InChI is InChI=1S/C62H43N/c1-4-15-47(16-5-1)58-40-33-54(43-61(58)48-17-6-2-7-18-48)46-28-36-56(37-29-46)63(55-34-26-45(27-35-55)53-25-24-44-14-10-11-22-52(44)42-53)57-38-30-50(31-39-57)60-41-32-49-19-12-13-23-59(49)62(60)51-20-8-3-9-21-51/h1-43H. The fourth-order valence-electron chi connectivity index (χ4n) is 9.09. The molecule has 0 saturated carbocycles. The largest absolute Gasteiger partial charge is 0.311 e. The van der Waals surface area contributed by atoms with Gasteiger partial charge >= 0.3 is 0 Å². The molecule has 63 heavy (non-hydrogen) atoms. The van der Waals surface area contributed by atoms with Crippen LogP contribution in [0, 0.1) is 0 Å². The Morgan fingerprint density at radius 2 is 0.603 bits per heavy atom. The Labute approximate surface area is 369 Å². The summed E-state index contributed by atoms with van der Waals surface area (Å²) >= 11 is 0. The Hall–Kier alpha value is -8.26. The minimum absolute atomic E-state index is 1.09. The van der Waals surface area contributed by atoms with Gasteiger partial charge in [-0.25, -0.2) is 0 Å². The van der Waals surface area contributed by atoms with Crippen LogP contribution in [0.4, 0.5) is 17.1 Å². The number of hydrogen-bond acceptors (Lipinski definition) is 1. The van der Waals surface area contributed by atoms with Crippen LogP contribution in [0.2, 0.25) is 0 Å². The Morgan fingerprint density at radius 1 is 0.206 bits per heavy atom. The number of nitrogens with zero attached hydrogens (tertiary/aromatic N) is 1. The van der Waals surface area contributed by atoms with Gasteiger partial charge in [-0.3, -0.25) is 0 Å². The van der Waals surface area contributed by atoms with Gasteiger partial charge in [0.1, 0.15) is 0 Å². The van der Waals surface area contributed by atoms with Crippen molar-refractivity contribution in [1.29, 1.82) is 0 Å². The molecule has 0 aromatic heterocycles. The highest BCUT2D eigenvalue weighted by Gasteiger charge is 2.17. The Bertz CT molecular complexity index is 3340. The van der Waals surface area contributed by atoms with E-state index >= 15 is 0 Å². The average Bonchev–Trinajstić information content (AvgIpc) is 3.37. The Morgan fingerprint density at radius 3 is 1.21 bits per heavy atom. The highest BCUT2D eigenvalue weighted by atomic mass is 15.1. The van der Waals surface area contributed by atoms with Crippen molar-refractivity contribution in [2.45, 2.75) is 0 Å². The molecule has 0 amide bonds. The average molecular weight is 802 g/mol. The molecule has 1 heteroatoms. The summed E-state index contributed by atoms with van der Waals surface area (Å²) in [6.45, 7) is 0. The van der Waals surface area contributed by atoms with Crippen LogP contribution < -0.4 is 4.90 Å². The summed E-state index contributed by atoms with van der Waals surface area (Å²) in [5.74, 6) is 0. The second-order valence-electron chi connectivity index (χ2n) is 16.1. The lowest BCUT2D eigenvalue weighted by Crippen LogP contribution is -2.09. The summed E-state index contributed by atoms with van der Waals surface area (Å²) in [5, 5.41) is 4.98. The molecule has 11 aromatic carbocycles. The smallest absolute Gasteiger partial charge is 0.0462 e. The fraction of sp³-hybridized carbons (Fsp3) is 0. The van der Waals surface area contributed by atoms with Crippen molar-refractivity contribution in [1.82, 2.24) is 0 Å². The van der Waals surface area contributed by atoms with Crippen LogP contribution in [-0.4, -0.2) is 0 Å². The van der Waals surface area contributed by atoms with Gasteiger partial charge < -0.3 is 4.90 Å². The van der Waals surface area contributed by atoms with Crippen molar-refractivity contribution >= 4 is 38.6 Å². The first-order valence-electron chi connectivity index (χ1n) is 21.7. The van der Waals surface area contributed by atoms with Gasteiger partial charge in [-0.2, -0.15) is 0 Å². The van der Waals surface area contributed by atoms with Gasteiger partial charge in [0.2, 0.25) is 0 Å². The quantitative estimate of drug-likeness (QED) is 0.141. The van der Waals surface area contributed by atoms with Crippen LogP contribution in [0.5, 0.6) is 0 Å². The SMILES string of the molecule is c1ccc(-c2ccc(-c3ccc(N(c4ccc(-c5ccc6ccccc6c5)cc4)c4ccc(-c5ccc6ccccc6c5-c5ccccc5)cc4)cc3)cc2-c2ccccc2)cc1. The predicted molar refractivity (Wildman–Crippen MR) is 269 cm³/mol. The monoisotopic (exact) mass is 801 g/mol. The molecule has 0 N–H and O–H groups in total. The van der Waals surface area contributed by atoms with Gasteiger partial charge in [-0.1, -0.05) is 212 Å². The first-order chi connectivity index (χ1) is 31.2. The van der Waals surface area contributed by atoms with Crippen LogP contribution in [-0.2, 0) is 0 Å². The third-order valence-electron chi connectivity index (χ3n) is 12.3. The molecule has 0 atom stereocenters. The van der Waals surface area contributed by atoms with Crippen LogP contribution in [0.3, 0.4) is 0 Å². The maximum atomic E-state index is 2.37. The van der Waals surface area contributed by atoms with Gasteiger partial charge in [0, 0.05) is 17.1 Å². The maximum absolute atomic E-state index is 2.37. The number of hydrogen-bond donors (Lipinski definition) is 0. The Balaban J connectivity index is 0.989. The molecule has 0 bridgehead atoms. The molecule has 0 aliphatic rings. The highest BCUT2D eigenvalue weighted by molar-refractivity contribution is 6.04. The molecule has 0 heterocycles. The molecule has 1 nitrogen and oxygen atoms in total. The van der Waals surface area contributed by atoms with Gasteiger partial charge in [0.25, 0.3) is 0 Å². The fourth-order valence-corrected chi connectivity index (χ4v) is 9.09. The lowest BCUT2D eigenvalue weighted by Gasteiger charge is -2.26. The van der Waals surface area contributed by atoms with Crippen LogP contribution in [0.15, 0.2) is 261 Å². The molecule has 11 rings (SSSR count). The number of fused-ring (bicyclic) bond motifs is 2. The zero-order valence-electron chi connectivity index (χ0n) is 34.8. The highest BCUT2D eigenvalue weighted by Crippen LogP contribution is 2.42. The van der Waals surface area contributed by atoms with Crippen LogP contribution >= 0.6 is 0 Å². The van der Waals surface area contributed by atoms with Gasteiger partial charge in [-0.05, 0) is 137 Å². The van der Waals surface area contributed by atoms with Crippen molar-refractivity contribution in [2.75, 3.05) is 4.90 Å². The van der Waals surface area contributed by atoms with Crippen LogP contribution in [0.25, 0.3) is 88.3 Å². The van der Waals surface area contributed by atoms with Crippen LogP contribution in [0.1, 0.15) is 0 Å². The molecule has 0 saturated heterocycles. The van der Waals surface area contributed by atoms with E-state index in [1.165, 1.54) is 88.3 Å². The molecular formula is C62H43N. The molecule has 0 radical (unpaired) electrons. The maximum Gasteiger partial charge on any atom is 0.0462 e. The van der Waals surface area contributed by atoms with Gasteiger partial charge in [-0.15, -0.1) is 0 Å². The van der Waals surface area contributed by atoms with Gasteiger partial charge in [0.15, 0.2) is 0 Å². The molecule has 0 spiro atoms. The van der Waals surface area contributed by atoms with Crippen molar-refractivity contribution in [2.24, 2.45) is 0 Å². The van der Waals surface area contributed by atoms with Crippen molar-refractivity contribution < 1.29 is 0 Å². The third kappa shape index (κ3) is 7.47. The second kappa shape index (κ2) is 16.7. The van der Waals surface area contributed by atoms with E-state index in [2.05, 4.69) is 266 Å². The zero-order valence-corrected chi connectivity index (χ0v) is 34.8. The molecule has 0 aliphatic heterocycles. The summed E-state index contributed by atoms with van der Waals surface area (Å²) in [6.07, 6.45) is 0. The van der Waals surface area contributed by atoms with E-state index in [0.29, 0.717) is 0 Å². The molecule has 296 valence electrons. The molecule has 11 aromatic rings. The Kier molecular flexibility index (Phi) is 9.97. The minimum atomic E-state index is 1.09. The minimum Gasteiger partial charge on any atom is -0.311 e. The summed E-state index contributed by atoms with van der Waals surface area (Å²) in [6, 6.07) is 94.6. The van der Waals surface area contributed by atoms with E-state index in [1.54, 1.807) is 0 Å². The number of rotatable bonds is 9. The van der Waals surface area contributed by atoms with Crippen molar-refractivity contribution in [3.05, 3.63) is 261 Å². The summed E-state index contributed by atoms with van der Waals surface area (Å²) in [7, 11) is 0. The lowest BCUT2D eigenvalue weighted by atomic mass is 9.90. The number of anilines is 3. The van der Waals surface area contributed by atoms with Gasteiger partial charge in [0.05, 0.1) is 0 Å². The van der Waals surface area contributed by atoms with E-state index in [0.717, 1.165) is 17.1 Å². The topological polar surface area (TPSA) is 3.24 Å².